The predicted octanol–water partition coefficient (Wildman–Crippen LogP) is 3.05. The molecular formula is C16H13NO3. The van der Waals surface area contributed by atoms with Crippen LogP contribution in [-0.4, -0.2) is 20.5 Å². The first kappa shape index (κ1) is 13.6. The van der Waals surface area contributed by atoms with E-state index in [1.807, 2.05) is 0 Å². The third-order valence-corrected chi connectivity index (χ3v) is 3.00. The standard InChI is InChI=1S/C16H13NO3/c1-19-13-4-5-14(12(8-13)10-18)15-7-11(9-17)3-6-16(15)20-2/h3-8,10H,1-2H3. The molecule has 0 fully saturated rings. The summed E-state index contributed by atoms with van der Waals surface area (Å²) in [5.41, 5.74) is 2.40. The molecule has 4 nitrogen and oxygen atoms in total. The highest BCUT2D eigenvalue weighted by Gasteiger charge is 2.12. The lowest BCUT2D eigenvalue weighted by Crippen LogP contribution is -1.94. The van der Waals surface area contributed by atoms with Crippen molar-refractivity contribution in [3.05, 3.63) is 47.5 Å². The minimum atomic E-state index is 0.484. The van der Waals surface area contributed by atoms with Gasteiger partial charge in [0, 0.05) is 11.1 Å². The lowest BCUT2D eigenvalue weighted by Gasteiger charge is -2.12. The van der Waals surface area contributed by atoms with Crippen molar-refractivity contribution in [2.24, 2.45) is 0 Å². The zero-order chi connectivity index (χ0) is 14.5. The van der Waals surface area contributed by atoms with E-state index in [4.69, 9.17) is 14.7 Å². The minimum Gasteiger partial charge on any atom is -0.497 e. The van der Waals surface area contributed by atoms with Crippen LogP contribution in [0.3, 0.4) is 0 Å². The molecule has 0 radical (unpaired) electrons. The summed E-state index contributed by atoms with van der Waals surface area (Å²) in [6.07, 6.45) is 0.760. The van der Waals surface area contributed by atoms with Crippen molar-refractivity contribution in [2.45, 2.75) is 0 Å². The topological polar surface area (TPSA) is 59.3 Å². The van der Waals surface area contributed by atoms with Gasteiger partial charge in [-0.1, -0.05) is 0 Å². The largest absolute Gasteiger partial charge is 0.497 e. The molecule has 0 spiro atoms. The van der Waals surface area contributed by atoms with Gasteiger partial charge >= 0.3 is 0 Å². The Kier molecular flexibility index (Phi) is 4.02. The lowest BCUT2D eigenvalue weighted by molar-refractivity contribution is 0.112. The molecule has 2 aromatic carbocycles. The predicted molar refractivity (Wildman–Crippen MR) is 75.1 cm³/mol. The Labute approximate surface area is 117 Å². The third-order valence-electron chi connectivity index (χ3n) is 3.00. The smallest absolute Gasteiger partial charge is 0.150 e. The van der Waals surface area contributed by atoms with Crippen LogP contribution in [0.25, 0.3) is 11.1 Å². The van der Waals surface area contributed by atoms with Crippen LogP contribution in [0.4, 0.5) is 0 Å². The van der Waals surface area contributed by atoms with Gasteiger partial charge in [0.15, 0.2) is 6.29 Å². The maximum Gasteiger partial charge on any atom is 0.150 e. The molecule has 0 aromatic heterocycles. The summed E-state index contributed by atoms with van der Waals surface area (Å²) in [7, 11) is 3.09. The Bertz CT molecular complexity index is 687. The van der Waals surface area contributed by atoms with E-state index in [2.05, 4.69) is 6.07 Å². The summed E-state index contributed by atoms with van der Waals surface area (Å²) in [5, 5.41) is 9.00. The van der Waals surface area contributed by atoms with Gasteiger partial charge in [0.25, 0.3) is 0 Å². The molecule has 0 N–H and O–H groups in total. The highest BCUT2D eigenvalue weighted by atomic mass is 16.5. The van der Waals surface area contributed by atoms with Crippen LogP contribution >= 0.6 is 0 Å². The van der Waals surface area contributed by atoms with Crippen molar-refractivity contribution in [2.75, 3.05) is 14.2 Å². The molecule has 0 aliphatic rings. The fourth-order valence-corrected chi connectivity index (χ4v) is 2.00. The van der Waals surface area contributed by atoms with Gasteiger partial charge in [-0.2, -0.15) is 5.26 Å². The fourth-order valence-electron chi connectivity index (χ4n) is 2.00. The average molecular weight is 267 g/mol. The Hall–Kier alpha value is -2.80. The molecule has 0 saturated carbocycles. The van der Waals surface area contributed by atoms with Gasteiger partial charge in [0.1, 0.15) is 11.5 Å². The summed E-state index contributed by atoms with van der Waals surface area (Å²) in [5.74, 6) is 1.21. The molecule has 4 heteroatoms. The van der Waals surface area contributed by atoms with Crippen LogP contribution in [-0.2, 0) is 0 Å². The Balaban J connectivity index is 2.67. The van der Waals surface area contributed by atoms with Crippen LogP contribution in [0.2, 0.25) is 0 Å². The normalized spacial score (nSPS) is 9.65. The quantitative estimate of drug-likeness (QED) is 0.799. The molecule has 0 heterocycles. The summed E-state index contributed by atoms with van der Waals surface area (Å²) in [6, 6.07) is 12.4. The molecule has 100 valence electrons. The molecular weight excluding hydrogens is 254 g/mol. The van der Waals surface area contributed by atoms with E-state index < -0.39 is 0 Å². The van der Waals surface area contributed by atoms with Gasteiger partial charge in [-0.25, -0.2) is 0 Å². The number of ether oxygens (including phenoxy) is 2. The van der Waals surface area contributed by atoms with E-state index in [0.29, 0.717) is 33.8 Å². The number of aldehydes is 1. The molecule has 0 amide bonds. The minimum absolute atomic E-state index is 0.484. The monoisotopic (exact) mass is 267 g/mol. The summed E-state index contributed by atoms with van der Waals surface area (Å²) in [6.45, 7) is 0. The van der Waals surface area contributed by atoms with Crippen molar-refractivity contribution in [1.29, 1.82) is 5.26 Å². The number of methoxy groups -OCH3 is 2. The van der Waals surface area contributed by atoms with Gasteiger partial charge in [-0.3, -0.25) is 4.79 Å². The Morgan fingerprint density at radius 3 is 2.45 bits per heavy atom. The maximum absolute atomic E-state index is 11.3. The first-order valence-electron chi connectivity index (χ1n) is 5.95. The Morgan fingerprint density at radius 2 is 1.85 bits per heavy atom. The first-order valence-corrected chi connectivity index (χ1v) is 5.95. The molecule has 0 aliphatic carbocycles. The summed E-state index contributed by atoms with van der Waals surface area (Å²) < 4.78 is 10.4. The number of benzene rings is 2. The third kappa shape index (κ3) is 2.47. The summed E-state index contributed by atoms with van der Waals surface area (Å²) in [4.78, 5) is 11.3. The van der Waals surface area contributed by atoms with Crippen molar-refractivity contribution >= 4 is 6.29 Å². The van der Waals surface area contributed by atoms with Gasteiger partial charge in [0.2, 0.25) is 0 Å². The van der Waals surface area contributed by atoms with E-state index >= 15 is 0 Å². The van der Waals surface area contributed by atoms with Crippen LogP contribution in [0.1, 0.15) is 15.9 Å². The molecule has 20 heavy (non-hydrogen) atoms. The number of rotatable bonds is 4. The molecule has 0 aliphatic heterocycles. The van der Waals surface area contributed by atoms with Crippen molar-refractivity contribution < 1.29 is 14.3 Å². The van der Waals surface area contributed by atoms with Gasteiger partial charge < -0.3 is 9.47 Å². The summed E-state index contributed by atoms with van der Waals surface area (Å²) >= 11 is 0. The number of carbonyl (C=O) groups excluding carboxylic acids is 1. The zero-order valence-corrected chi connectivity index (χ0v) is 11.2. The van der Waals surface area contributed by atoms with Crippen molar-refractivity contribution in [3.8, 4) is 28.7 Å². The van der Waals surface area contributed by atoms with Crippen molar-refractivity contribution in [1.82, 2.24) is 0 Å². The number of nitriles is 1. The average Bonchev–Trinajstić information content (AvgIpc) is 2.53. The van der Waals surface area contributed by atoms with Crippen LogP contribution < -0.4 is 9.47 Å². The second-order valence-electron chi connectivity index (χ2n) is 4.10. The molecule has 2 aromatic rings. The van der Waals surface area contributed by atoms with E-state index in [1.54, 1.807) is 50.6 Å². The number of carbonyl (C=O) groups is 1. The zero-order valence-electron chi connectivity index (χ0n) is 11.2. The number of hydrogen-bond acceptors (Lipinski definition) is 4. The first-order chi connectivity index (χ1) is 9.73. The van der Waals surface area contributed by atoms with E-state index in [9.17, 15) is 4.79 Å². The molecule has 0 unspecified atom stereocenters. The van der Waals surface area contributed by atoms with Crippen LogP contribution in [0.5, 0.6) is 11.5 Å². The van der Waals surface area contributed by atoms with Crippen LogP contribution in [0, 0.1) is 11.3 Å². The van der Waals surface area contributed by atoms with Gasteiger partial charge in [0.05, 0.1) is 25.9 Å². The highest BCUT2D eigenvalue weighted by Crippen LogP contribution is 2.34. The second kappa shape index (κ2) is 5.89. The second-order valence-corrected chi connectivity index (χ2v) is 4.10. The van der Waals surface area contributed by atoms with Gasteiger partial charge in [-0.15, -0.1) is 0 Å². The molecule has 0 atom stereocenters. The SMILES string of the molecule is COc1ccc(-c2cc(C#N)ccc2OC)c(C=O)c1. The Morgan fingerprint density at radius 1 is 1.05 bits per heavy atom. The van der Waals surface area contributed by atoms with Crippen LogP contribution in [0.15, 0.2) is 36.4 Å². The van der Waals surface area contributed by atoms with Crippen molar-refractivity contribution in [3.63, 3.8) is 0 Å². The molecule has 0 bridgehead atoms. The lowest BCUT2D eigenvalue weighted by atomic mass is 9.97. The molecule has 2 rings (SSSR count). The van der Waals surface area contributed by atoms with E-state index in [1.165, 1.54) is 0 Å². The highest BCUT2D eigenvalue weighted by molar-refractivity contribution is 5.90. The molecule has 0 saturated heterocycles. The van der Waals surface area contributed by atoms with E-state index in [-0.39, 0.29) is 0 Å². The fraction of sp³-hybridized carbons (Fsp3) is 0.125. The number of hydrogen-bond donors (Lipinski definition) is 0. The number of nitrogens with zero attached hydrogens (tertiary/aromatic N) is 1. The maximum atomic E-state index is 11.3. The van der Waals surface area contributed by atoms with Gasteiger partial charge in [-0.05, 0) is 42.0 Å². The van der Waals surface area contributed by atoms with E-state index in [0.717, 1.165) is 6.29 Å².